The molecule has 0 bridgehead atoms. The van der Waals surface area contributed by atoms with Crippen LogP contribution in [0.4, 0.5) is 0 Å². The molecule has 0 unspecified atom stereocenters. The van der Waals surface area contributed by atoms with Gasteiger partial charge in [-0.1, -0.05) is 24.3 Å². The van der Waals surface area contributed by atoms with Crippen molar-refractivity contribution in [3.8, 4) is 0 Å². The standard InChI is InChI=1S/C21H39N5O.HI/c1-18(2)26(5)17-20-11-8-7-10-19(20)16-24-21(22-3)23-12-14-25(4)13-9-15-27-6;/h7-8,10-11,18H,9,12-17H2,1-6H3,(H2,22,23,24);1H. The second-order valence-electron chi connectivity index (χ2n) is 7.28. The summed E-state index contributed by atoms with van der Waals surface area (Å²) in [5, 5.41) is 6.83. The maximum atomic E-state index is 5.10. The van der Waals surface area contributed by atoms with E-state index in [4.69, 9.17) is 4.74 Å². The van der Waals surface area contributed by atoms with Crippen molar-refractivity contribution in [1.29, 1.82) is 0 Å². The summed E-state index contributed by atoms with van der Waals surface area (Å²) in [6.45, 7) is 9.85. The minimum absolute atomic E-state index is 0. The van der Waals surface area contributed by atoms with Crippen LogP contribution < -0.4 is 10.6 Å². The van der Waals surface area contributed by atoms with Gasteiger partial charge in [-0.3, -0.25) is 9.89 Å². The molecule has 1 aromatic carbocycles. The maximum Gasteiger partial charge on any atom is 0.191 e. The lowest BCUT2D eigenvalue weighted by Crippen LogP contribution is -2.41. The van der Waals surface area contributed by atoms with Crippen molar-refractivity contribution < 1.29 is 4.74 Å². The highest BCUT2D eigenvalue weighted by Crippen LogP contribution is 2.12. The van der Waals surface area contributed by atoms with Gasteiger partial charge in [0, 0.05) is 59.5 Å². The Bertz CT molecular complexity index is 553. The van der Waals surface area contributed by atoms with Crippen molar-refractivity contribution in [2.45, 2.75) is 39.4 Å². The fourth-order valence-electron chi connectivity index (χ4n) is 2.69. The number of nitrogens with one attached hydrogen (secondary N) is 2. The van der Waals surface area contributed by atoms with E-state index >= 15 is 0 Å². The molecule has 162 valence electrons. The van der Waals surface area contributed by atoms with Gasteiger partial charge < -0.3 is 20.3 Å². The second-order valence-corrected chi connectivity index (χ2v) is 7.28. The number of halogens is 1. The average molecular weight is 505 g/mol. The predicted octanol–water partition coefficient (Wildman–Crippen LogP) is 2.78. The number of methoxy groups -OCH3 is 1. The Kier molecular flexibility index (Phi) is 15.4. The molecule has 0 radical (unpaired) electrons. The normalized spacial score (nSPS) is 11.8. The van der Waals surface area contributed by atoms with E-state index in [-0.39, 0.29) is 24.0 Å². The van der Waals surface area contributed by atoms with Gasteiger partial charge in [0.1, 0.15) is 0 Å². The van der Waals surface area contributed by atoms with Gasteiger partial charge in [-0.15, -0.1) is 24.0 Å². The van der Waals surface area contributed by atoms with Crippen LogP contribution >= 0.6 is 24.0 Å². The van der Waals surface area contributed by atoms with Gasteiger partial charge in [0.25, 0.3) is 0 Å². The van der Waals surface area contributed by atoms with Crippen molar-refractivity contribution in [3.05, 3.63) is 35.4 Å². The van der Waals surface area contributed by atoms with E-state index in [0.29, 0.717) is 6.04 Å². The maximum absolute atomic E-state index is 5.10. The SMILES string of the molecule is CN=C(NCCN(C)CCCOC)NCc1ccccc1CN(C)C(C)C.I. The molecular formula is C21H40IN5O. The highest BCUT2D eigenvalue weighted by molar-refractivity contribution is 14.0. The van der Waals surface area contributed by atoms with Crippen LogP contribution in [-0.2, 0) is 17.8 Å². The van der Waals surface area contributed by atoms with Crippen molar-refractivity contribution in [1.82, 2.24) is 20.4 Å². The molecule has 0 aliphatic heterocycles. The molecule has 0 aliphatic rings. The number of ether oxygens (including phenoxy) is 1. The van der Waals surface area contributed by atoms with Crippen LogP contribution in [0.1, 0.15) is 31.4 Å². The van der Waals surface area contributed by atoms with E-state index < -0.39 is 0 Å². The molecule has 0 heterocycles. The number of rotatable bonds is 12. The topological polar surface area (TPSA) is 52.1 Å². The first-order chi connectivity index (χ1) is 13.0. The van der Waals surface area contributed by atoms with Gasteiger partial charge >= 0.3 is 0 Å². The van der Waals surface area contributed by atoms with E-state index in [0.717, 1.165) is 51.7 Å². The Balaban J connectivity index is 0.00000729. The fraction of sp³-hybridized carbons (Fsp3) is 0.667. The largest absolute Gasteiger partial charge is 0.385 e. The smallest absolute Gasteiger partial charge is 0.191 e. The number of hydrogen-bond acceptors (Lipinski definition) is 4. The molecular weight excluding hydrogens is 465 g/mol. The van der Waals surface area contributed by atoms with Crippen LogP contribution in [0, 0.1) is 0 Å². The minimum atomic E-state index is 0. The zero-order valence-corrected chi connectivity index (χ0v) is 20.8. The Morgan fingerprint density at radius 3 is 2.39 bits per heavy atom. The first-order valence-corrected chi connectivity index (χ1v) is 9.87. The van der Waals surface area contributed by atoms with Crippen LogP contribution in [0.5, 0.6) is 0 Å². The van der Waals surface area contributed by atoms with Crippen LogP contribution in [-0.4, -0.2) is 76.3 Å². The zero-order valence-electron chi connectivity index (χ0n) is 18.5. The quantitative estimate of drug-likeness (QED) is 0.198. The summed E-state index contributed by atoms with van der Waals surface area (Å²) in [6.07, 6.45) is 1.06. The van der Waals surface area contributed by atoms with Crippen molar-refractivity contribution >= 4 is 29.9 Å². The summed E-state index contributed by atoms with van der Waals surface area (Å²) in [7, 11) is 7.86. The van der Waals surface area contributed by atoms with E-state index in [1.165, 1.54) is 11.1 Å². The number of aliphatic imine (C=N–C) groups is 1. The molecule has 0 saturated carbocycles. The Morgan fingerprint density at radius 1 is 1.11 bits per heavy atom. The molecule has 0 aliphatic carbocycles. The summed E-state index contributed by atoms with van der Waals surface area (Å²) < 4.78 is 5.10. The Hall–Kier alpha value is -0.900. The molecule has 0 atom stereocenters. The third kappa shape index (κ3) is 11.2. The molecule has 0 saturated heterocycles. The van der Waals surface area contributed by atoms with Crippen molar-refractivity contribution in [2.24, 2.45) is 4.99 Å². The lowest BCUT2D eigenvalue weighted by atomic mass is 10.1. The number of nitrogens with zero attached hydrogens (tertiary/aromatic N) is 3. The van der Waals surface area contributed by atoms with Crippen LogP contribution in [0.3, 0.4) is 0 Å². The number of hydrogen-bond donors (Lipinski definition) is 2. The lowest BCUT2D eigenvalue weighted by Gasteiger charge is -2.23. The molecule has 0 spiro atoms. The molecule has 28 heavy (non-hydrogen) atoms. The monoisotopic (exact) mass is 505 g/mol. The lowest BCUT2D eigenvalue weighted by molar-refractivity contribution is 0.180. The van der Waals surface area contributed by atoms with Crippen LogP contribution in [0.2, 0.25) is 0 Å². The molecule has 0 amide bonds. The van der Waals surface area contributed by atoms with Gasteiger partial charge in [0.15, 0.2) is 5.96 Å². The summed E-state index contributed by atoms with van der Waals surface area (Å²) in [5.41, 5.74) is 2.67. The minimum Gasteiger partial charge on any atom is -0.385 e. The van der Waals surface area contributed by atoms with Gasteiger partial charge in [0.2, 0.25) is 0 Å². The number of benzene rings is 1. The first kappa shape index (κ1) is 27.1. The van der Waals surface area contributed by atoms with Gasteiger partial charge in [0.05, 0.1) is 0 Å². The molecule has 7 heteroatoms. The number of guanidine groups is 1. The summed E-state index contributed by atoms with van der Waals surface area (Å²) in [5.74, 6) is 0.840. The van der Waals surface area contributed by atoms with Crippen molar-refractivity contribution in [2.75, 3.05) is 54.5 Å². The van der Waals surface area contributed by atoms with E-state index in [1.807, 2.05) is 7.05 Å². The predicted molar refractivity (Wildman–Crippen MR) is 131 cm³/mol. The van der Waals surface area contributed by atoms with E-state index in [2.05, 4.69) is 77.6 Å². The first-order valence-electron chi connectivity index (χ1n) is 9.87. The van der Waals surface area contributed by atoms with Gasteiger partial charge in [-0.05, 0) is 45.5 Å². The van der Waals surface area contributed by atoms with Crippen LogP contribution in [0.25, 0.3) is 0 Å². The van der Waals surface area contributed by atoms with Gasteiger partial charge in [-0.2, -0.15) is 0 Å². The zero-order chi connectivity index (χ0) is 20.1. The Labute approximate surface area is 189 Å². The van der Waals surface area contributed by atoms with E-state index in [9.17, 15) is 0 Å². The van der Waals surface area contributed by atoms with Crippen LogP contribution in [0.15, 0.2) is 29.3 Å². The molecule has 1 aromatic rings. The Morgan fingerprint density at radius 2 is 1.79 bits per heavy atom. The summed E-state index contributed by atoms with van der Waals surface area (Å²) in [6, 6.07) is 9.14. The molecule has 2 N–H and O–H groups in total. The highest BCUT2D eigenvalue weighted by Gasteiger charge is 2.08. The summed E-state index contributed by atoms with van der Waals surface area (Å²) >= 11 is 0. The highest BCUT2D eigenvalue weighted by atomic mass is 127. The summed E-state index contributed by atoms with van der Waals surface area (Å²) in [4.78, 5) is 8.99. The molecule has 6 nitrogen and oxygen atoms in total. The molecule has 0 aromatic heterocycles. The average Bonchev–Trinajstić information content (AvgIpc) is 2.65. The van der Waals surface area contributed by atoms with Crippen molar-refractivity contribution in [3.63, 3.8) is 0 Å². The fourth-order valence-corrected chi connectivity index (χ4v) is 2.69. The second kappa shape index (κ2) is 16.0. The third-order valence-corrected chi connectivity index (χ3v) is 4.76. The van der Waals surface area contributed by atoms with Gasteiger partial charge in [-0.25, -0.2) is 0 Å². The molecule has 1 rings (SSSR count). The number of likely N-dealkylation sites (N-methyl/N-ethyl adjacent to an activating group) is 1. The molecule has 0 fully saturated rings. The van der Waals surface area contributed by atoms with E-state index in [1.54, 1.807) is 7.11 Å². The third-order valence-electron chi connectivity index (χ3n) is 4.76.